The molecule has 0 aromatic carbocycles. The van der Waals surface area contributed by atoms with Gasteiger partial charge in [0.2, 0.25) is 5.89 Å². The maximum atomic E-state index is 5.76. The Morgan fingerprint density at radius 1 is 1.35 bits per heavy atom. The Bertz CT molecular complexity index is 510. The third-order valence-electron chi connectivity index (χ3n) is 3.21. The molecule has 2 aromatic rings. The Kier molecular flexibility index (Phi) is 6.99. The number of thiophene rings is 1. The molecule has 2 aromatic heterocycles. The van der Waals surface area contributed by atoms with Crippen molar-refractivity contribution in [3.63, 3.8) is 0 Å². The second-order valence-electron chi connectivity index (χ2n) is 4.53. The minimum Gasteiger partial charge on any atom is -0.440 e. The summed E-state index contributed by atoms with van der Waals surface area (Å²) >= 11 is 1.66. The third-order valence-corrected chi connectivity index (χ3v) is 4.07. The van der Waals surface area contributed by atoms with Gasteiger partial charge in [0.1, 0.15) is 5.76 Å². The van der Waals surface area contributed by atoms with Crippen LogP contribution in [0.1, 0.15) is 11.5 Å². The van der Waals surface area contributed by atoms with Gasteiger partial charge in [-0.3, -0.25) is 4.90 Å². The van der Waals surface area contributed by atoms with E-state index in [9.17, 15) is 0 Å². The molecule has 3 heterocycles. The van der Waals surface area contributed by atoms with Gasteiger partial charge < -0.3 is 9.73 Å². The molecule has 1 N–H and O–H groups in total. The van der Waals surface area contributed by atoms with E-state index in [1.807, 2.05) is 24.4 Å². The zero-order valence-electron chi connectivity index (χ0n) is 11.3. The second-order valence-corrected chi connectivity index (χ2v) is 5.47. The molecule has 1 saturated heterocycles. The van der Waals surface area contributed by atoms with Gasteiger partial charge in [-0.15, -0.1) is 36.2 Å². The van der Waals surface area contributed by atoms with Crippen molar-refractivity contribution in [1.82, 2.24) is 15.2 Å². The lowest BCUT2D eigenvalue weighted by Crippen LogP contribution is -2.43. The number of halogens is 2. The zero-order chi connectivity index (χ0) is 12.4. The van der Waals surface area contributed by atoms with E-state index in [0.29, 0.717) is 0 Å². The van der Waals surface area contributed by atoms with Crippen molar-refractivity contribution in [2.24, 2.45) is 0 Å². The molecule has 112 valence electrons. The fraction of sp³-hybridized carbons (Fsp3) is 0.462. The molecule has 1 fully saturated rings. The Balaban J connectivity index is 0.000001000. The van der Waals surface area contributed by atoms with Crippen molar-refractivity contribution in [1.29, 1.82) is 0 Å². The van der Waals surface area contributed by atoms with Crippen LogP contribution in [-0.2, 0) is 6.54 Å². The number of aryl methyl sites for hydroxylation is 1. The first-order chi connectivity index (χ1) is 8.83. The van der Waals surface area contributed by atoms with Crippen LogP contribution in [0.25, 0.3) is 10.8 Å². The second kappa shape index (κ2) is 8.00. The van der Waals surface area contributed by atoms with E-state index in [2.05, 4.69) is 15.2 Å². The average molecular weight is 336 g/mol. The van der Waals surface area contributed by atoms with Crippen LogP contribution in [0.2, 0.25) is 0 Å². The lowest BCUT2D eigenvalue weighted by atomic mass is 10.3. The molecule has 3 rings (SSSR count). The van der Waals surface area contributed by atoms with Crippen LogP contribution < -0.4 is 5.32 Å². The largest absolute Gasteiger partial charge is 0.440 e. The molecule has 7 heteroatoms. The van der Waals surface area contributed by atoms with Gasteiger partial charge >= 0.3 is 0 Å². The van der Waals surface area contributed by atoms with Gasteiger partial charge in [-0.2, -0.15) is 0 Å². The van der Waals surface area contributed by atoms with Gasteiger partial charge in [0, 0.05) is 32.7 Å². The summed E-state index contributed by atoms with van der Waals surface area (Å²) in [5.74, 6) is 1.70. The van der Waals surface area contributed by atoms with Crippen LogP contribution in [0.15, 0.2) is 21.9 Å². The van der Waals surface area contributed by atoms with Crippen LogP contribution in [0.3, 0.4) is 0 Å². The summed E-state index contributed by atoms with van der Waals surface area (Å²) < 4.78 is 5.76. The average Bonchev–Trinajstić information content (AvgIpc) is 3.01. The fourth-order valence-electron chi connectivity index (χ4n) is 2.16. The molecule has 4 nitrogen and oxygen atoms in total. The zero-order valence-corrected chi connectivity index (χ0v) is 13.7. The molecule has 0 saturated carbocycles. The smallest absolute Gasteiger partial charge is 0.236 e. The van der Waals surface area contributed by atoms with Crippen molar-refractivity contribution in [3.8, 4) is 10.8 Å². The standard InChI is InChI=1S/C13H17N3OS.2ClH/c1-10-11(9-16-6-4-14-5-7-16)15-13(17-10)12-3-2-8-18-12;;/h2-3,8,14H,4-7,9H2,1H3;2*1H. The number of nitrogens with zero attached hydrogens (tertiary/aromatic N) is 2. The predicted molar refractivity (Wildman–Crippen MR) is 87.2 cm³/mol. The molecule has 0 aliphatic carbocycles. The first kappa shape index (κ1) is 17.5. The van der Waals surface area contributed by atoms with Crippen molar-refractivity contribution in [3.05, 3.63) is 29.0 Å². The summed E-state index contributed by atoms with van der Waals surface area (Å²) in [7, 11) is 0. The van der Waals surface area contributed by atoms with Crippen molar-refractivity contribution in [2.45, 2.75) is 13.5 Å². The van der Waals surface area contributed by atoms with E-state index in [-0.39, 0.29) is 24.8 Å². The monoisotopic (exact) mass is 335 g/mol. The van der Waals surface area contributed by atoms with Crippen LogP contribution in [0.4, 0.5) is 0 Å². The summed E-state index contributed by atoms with van der Waals surface area (Å²) in [5.41, 5.74) is 1.07. The molecule has 0 radical (unpaired) electrons. The van der Waals surface area contributed by atoms with E-state index in [1.54, 1.807) is 11.3 Å². The molecule has 0 amide bonds. The fourth-order valence-corrected chi connectivity index (χ4v) is 2.81. The van der Waals surface area contributed by atoms with E-state index >= 15 is 0 Å². The summed E-state index contributed by atoms with van der Waals surface area (Å²) in [6.07, 6.45) is 0. The molecular weight excluding hydrogens is 317 g/mol. The molecule has 1 aliphatic rings. The molecule has 20 heavy (non-hydrogen) atoms. The lowest BCUT2D eigenvalue weighted by Gasteiger charge is -2.26. The summed E-state index contributed by atoms with van der Waals surface area (Å²) in [6, 6.07) is 4.07. The van der Waals surface area contributed by atoms with Gasteiger partial charge in [0.25, 0.3) is 0 Å². The van der Waals surface area contributed by atoms with E-state index in [0.717, 1.165) is 54.9 Å². The minimum atomic E-state index is 0. The van der Waals surface area contributed by atoms with E-state index < -0.39 is 0 Å². The van der Waals surface area contributed by atoms with Crippen LogP contribution in [0, 0.1) is 6.92 Å². The highest BCUT2D eigenvalue weighted by molar-refractivity contribution is 7.13. The Morgan fingerprint density at radius 3 is 2.75 bits per heavy atom. The predicted octanol–water partition coefficient (Wildman–Crippen LogP) is 2.96. The number of aromatic nitrogens is 1. The number of oxazole rings is 1. The number of rotatable bonds is 3. The minimum absolute atomic E-state index is 0. The number of piperazine rings is 1. The first-order valence-electron chi connectivity index (χ1n) is 6.26. The maximum Gasteiger partial charge on any atom is 0.236 e. The van der Waals surface area contributed by atoms with Gasteiger partial charge in [-0.1, -0.05) is 6.07 Å². The van der Waals surface area contributed by atoms with Crippen LogP contribution in [0.5, 0.6) is 0 Å². The van der Waals surface area contributed by atoms with Gasteiger partial charge in [-0.05, 0) is 18.4 Å². The molecule has 0 spiro atoms. The van der Waals surface area contributed by atoms with Crippen LogP contribution in [-0.4, -0.2) is 36.1 Å². The van der Waals surface area contributed by atoms with Gasteiger partial charge in [0.15, 0.2) is 0 Å². The highest BCUT2D eigenvalue weighted by Gasteiger charge is 2.16. The van der Waals surface area contributed by atoms with Crippen molar-refractivity contribution < 1.29 is 4.42 Å². The molecule has 1 aliphatic heterocycles. The van der Waals surface area contributed by atoms with Gasteiger partial charge in [-0.25, -0.2) is 4.98 Å². The number of hydrogen-bond acceptors (Lipinski definition) is 5. The molecule has 0 unspecified atom stereocenters. The lowest BCUT2D eigenvalue weighted by molar-refractivity contribution is 0.230. The molecule has 0 atom stereocenters. The normalized spacial score (nSPS) is 15.4. The van der Waals surface area contributed by atoms with Crippen LogP contribution >= 0.6 is 36.2 Å². The van der Waals surface area contributed by atoms with Crippen molar-refractivity contribution >= 4 is 36.2 Å². The Hall–Kier alpha value is -0.590. The summed E-state index contributed by atoms with van der Waals surface area (Å²) in [5, 5.41) is 5.41. The number of nitrogens with one attached hydrogen (secondary N) is 1. The maximum absolute atomic E-state index is 5.76. The molecule has 0 bridgehead atoms. The highest BCUT2D eigenvalue weighted by atomic mass is 35.5. The SMILES string of the molecule is Cc1oc(-c2cccs2)nc1CN1CCNCC1.Cl.Cl. The summed E-state index contributed by atoms with van der Waals surface area (Å²) in [6.45, 7) is 7.19. The topological polar surface area (TPSA) is 41.3 Å². The van der Waals surface area contributed by atoms with Crippen molar-refractivity contribution in [2.75, 3.05) is 26.2 Å². The summed E-state index contributed by atoms with van der Waals surface area (Å²) in [4.78, 5) is 8.15. The third kappa shape index (κ3) is 3.96. The van der Waals surface area contributed by atoms with E-state index in [4.69, 9.17) is 4.42 Å². The highest BCUT2D eigenvalue weighted by Crippen LogP contribution is 2.26. The molecular formula is C13H19Cl2N3OS. The quantitative estimate of drug-likeness (QED) is 0.936. The number of hydrogen-bond donors (Lipinski definition) is 1. The first-order valence-corrected chi connectivity index (χ1v) is 7.14. The Labute approximate surface area is 135 Å². The van der Waals surface area contributed by atoms with E-state index in [1.165, 1.54) is 0 Å². The van der Waals surface area contributed by atoms with Gasteiger partial charge in [0.05, 0.1) is 10.6 Å². The Morgan fingerprint density at radius 2 is 2.10 bits per heavy atom.